The maximum absolute atomic E-state index is 11.5. The summed E-state index contributed by atoms with van der Waals surface area (Å²) in [7, 11) is 1.60. The van der Waals surface area contributed by atoms with E-state index < -0.39 is 0 Å². The van der Waals surface area contributed by atoms with E-state index in [4.69, 9.17) is 5.11 Å². The summed E-state index contributed by atoms with van der Waals surface area (Å²) in [6.07, 6.45) is 1.68. The first kappa shape index (κ1) is 11.6. The minimum atomic E-state index is -0.128. The van der Waals surface area contributed by atoms with Crippen molar-refractivity contribution < 1.29 is 9.90 Å². The molecule has 1 heterocycles. The van der Waals surface area contributed by atoms with Crippen LogP contribution in [-0.2, 0) is 0 Å². The molecule has 5 heteroatoms. The second-order valence-electron chi connectivity index (χ2n) is 3.97. The second-order valence-corrected chi connectivity index (χ2v) is 3.97. The number of aliphatic hydroxyl groups excluding tert-OH is 1. The largest absolute Gasteiger partial charge is 0.394 e. The van der Waals surface area contributed by atoms with Gasteiger partial charge in [0.2, 0.25) is 0 Å². The zero-order valence-electron chi connectivity index (χ0n) is 9.84. The Morgan fingerprint density at radius 2 is 2.35 bits per heavy atom. The van der Waals surface area contributed by atoms with Gasteiger partial charge in [-0.1, -0.05) is 0 Å². The van der Waals surface area contributed by atoms with E-state index in [1.165, 1.54) is 0 Å². The highest BCUT2D eigenvalue weighted by Crippen LogP contribution is 2.18. The minimum Gasteiger partial charge on any atom is -0.394 e. The summed E-state index contributed by atoms with van der Waals surface area (Å²) in [5, 5.41) is 11.7. The Bertz CT molecular complexity index is 548. The van der Waals surface area contributed by atoms with Gasteiger partial charge in [-0.3, -0.25) is 4.79 Å². The molecule has 2 N–H and O–H groups in total. The lowest BCUT2D eigenvalue weighted by molar-refractivity contribution is 0.0963. The van der Waals surface area contributed by atoms with Crippen molar-refractivity contribution >= 4 is 16.9 Å². The molecular weight excluding hydrogens is 218 g/mol. The molecule has 0 saturated carbocycles. The van der Waals surface area contributed by atoms with Gasteiger partial charge in [0, 0.05) is 12.6 Å². The highest BCUT2D eigenvalue weighted by Gasteiger charge is 2.10. The summed E-state index contributed by atoms with van der Waals surface area (Å²) < 4.78 is 1.89. The van der Waals surface area contributed by atoms with Crippen LogP contribution in [0.5, 0.6) is 0 Å². The lowest BCUT2D eigenvalue weighted by atomic mass is 10.2. The standard InChI is InChI=1S/C12H15N3O2/c1-8(6-16)15-7-14-10-5-9(12(17)13-2)3-4-11(10)15/h3-5,7-8,16H,6H2,1-2H3,(H,13,17). The quantitative estimate of drug-likeness (QED) is 0.829. The zero-order valence-corrected chi connectivity index (χ0v) is 9.84. The van der Waals surface area contributed by atoms with E-state index in [0.717, 1.165) is 11.0 Å². The summed E-state index contributed by atoms with van der Waals surface area (Å²) in [4.78, 5) is 15.7. The normalized spacial score (nSPS) is 12.6. The van der Waals surface area contributed by atoms with Crippen molar-refractivity contribution in [3.05, 3.63) is 30.1 Å². The number of nitrogens with zero attached hydrogens (tertiary/aromatic N) is 2. The number of carbonyl (C=O) groups is 1. The first-order chi connectivity index (χ1) is 8.17. The number of aliphatic hydroxyl groups is 1. The number of imidazole rings is 1. The molecule has 1 atom stereocenters. The van der Waals surface area contributed by atoms with Gasteiger partial charge in [-0.05, 0) is 25.1 Å². The summed E-state index contributed by atoms with van der Waals surface area (Å²) in [6.45, 7) is 1.97. The predicted molar refractivity (Wildman–Crippen MR) is 64.9 cm³/mol. The molecule has 2 aromatic rings. The first-order valence-corrected chi connectivity index (χ1v) is 5.47. The Kier molecular flexibility index (Phi) is 3.10. The SMILES string of the molecule is CNC(=O)c1ccc2c(c1)ncn2C(C)CO. The molecule has 0 spiro atoms. The topological polar surface area (TPSA) is 67.2 Å². The molecule has 90 valence electrons. The van der Waals surface area contributed by atoms with Crippen molar-refractivity contribution in [2.45, 2.75) is 13.0 Å². The Hall–Kier alpha value is -1.88. The molecule has 0 aliphatic carbocycles. The van der Waals surface area contributed by atoms with Crippen LogP contribution in [0, 0.1) is 0 Å². The Labute approximate surface area is 99.1 Å². The average molecular weight is 233 g/mol. The number of hydrogen-bond acceptors (Lipinski definition) is 3. The number of rotatable bonds is 3. The Balaban J connectivity index is 2.48. The molecule has 1 amide bonds. The molecule has 0 radical (unpaired) electrons. The average Bonchev–Trinajstić information content (AvgIpc) is 2.79. The van der Waals surface area contributed by atoms with Gasteiger partial charge < -0.3 is 15.0 Å². The molecule has 0 aliphatic heterocycles. The van der Waals surface area contributed by atoms with Crippen molar-refractivity contribution in [3.63, 3.8) is 0 Å². The minimum absolute atomic E-state index is 0.0224. The molecular formula is C12H15N3O2. The van der Waals surface area contributed by atoms with E-state index in [0.29, 0.717) is 5.56 Å². The fourth-order valence-corrected chi connectivity index (χ4v) is 1.76. The molecule has 0 saturated heterocycles. The van der Waals surface area contributed by atoms with E-state index in [-0.39, 0.29) is 18.6 Å². The van der Waals surface area contributed by atoms with Crippen molar-refractivity contribution in [2.24, 2.45) is 0 Å². The predicted octanol–water partition coefficient (Wildman–Crippen LogP) is 0.949. The fourth-order valence-electron chi connectivity index (χ4n) is 1.76. The van der Waals surface area contributed by atoms with Gasteiger partial charge in [-0.25, -0.2) is 4.98 Å². The van der Waals surface area contributed by atoms with Crippen LogP contribution < -0.4 is 5.32 Å². The summed E-state index contributed by atoms with van der Waals surface area (Å²) in [5.41, 5.74) is 2.26. The monoisotopic (exact) mass is 233 g/mol. The summed E-state index contributed by atoms with van der Waals surface area (Å²) >= 11 is 0. The lowest BCUT2D eigenvalue weighted by Gasteiger charge is -2.10. The molecule has 2 rings (SSSR count). The molecule has 0 aliphatic rings. The number of aromatic nitrogens is 2. The highest BCUT2D eigenvalue weighted by molar-refractivity contribution is 5.97. The maximum atomic E-state index is 11.5. The zero-order chi connectivity index (χ0) is 12.4. The van der Waals surface area contributed by atoms with E-state index >= 15 is 0 Å². The lowest BCUT2D eigenvalue weighted by Crippen LogP contribution is -2.17. The Morgan fingerprint density at radius 3 is 3.00 bits per heavy atom. The van der Waals surface area contributed by atoms with E-state index in [2.05, 4.69) is 10.3 Å². The van der Waals surface area contributed by atoms with Crippen LogP contribution >= 0.6 is 0 Å². The molecule has 1 aromatic carbocycles. The van der Waals surface area contributed by atoms with Crippen LogP contribution in [0.25, 0.3) is 11.0 Å². The third kappa shape index (κ3) is 2.01. The third-order valence-electron chi connectivity index (χ3n) is 2.80. The second kappa shape index (κ2) is 4.55. The van der Waals surface area contributed by atoms with Crippen molar-refractivity contribution in [1.82, 2.24) is 14.9 Å². The van der Waals surface area contributed by atoms with Gasteiger partial charge in [0.1, 0.15) is 0 Å². The number of amides is 1. The van der Waals surface area contributed by atoms with Crippen molar-refractivity contribution in [1.29, 1.82) is 0 Å². The number of hydrogen-bond donors (Lipinski definition) is 2. The van der Waals surface area contributed by atoms with Crippen LogP contribution in [0.4, 0.5) is 0 Å². The molecule has 5 nitrogen and oxygen atoms in total. The molecule has 1 aromatic heterocycles. The van der Waals surface area contributed by atoms with Gasteiger partial charge >= 0.3 is 0 Å². The van der Waals surface area contributed by atoms with Crippen LogP contribution in [0.3, 0.4) is 0 Å². The van der Waals surface area contributed by atoms with E-state index in [1.807, 2.05) is 17.6 Å². The van der Waals surface area contributed by atoms with Gasteiger partial charge in [0.15, 0.2) is 0 Å². The van der Waals surface area contributed by atoms with Crippen molar-refractivity contribution in [2.75, 3.05) is 13.7 Å². The summed E-state index contributed by atoms with van der Waals surface area (Å²) in [5.74, 6) is -0.128. The molecule has 1 unspecified atom stereocenters. The van der Waals surface area contributed by atoms with Crippen molar-refractivity contribution in [3.8, 4) is 0 Å². The van der Waals surface area contributed by atoms with E-state index in [1.54, 1.807) is 25.5 Å². The Morgan fingerprint density at radius 1 is 1.59 bits per heavy atom. The number of fused-ring (bicyclic) bond motifs is 1. The van der Waals surface area contributed by atoms with Crippen LogP contribution in [0.15, 0.2) is 24.5 Å². The number of carbonyl (C=O) groups excluding carboxylic acids is 1. The third-order valence-corrected chi connectivity index (χ3v) is 2.80. The van der Waals surface area contributed by atoms with Gasteiger partial charge in [-0.15, -0.1) is 0 Å². The van der Waals surface area contributed by atoms with Crippen LogP contribution in [0.1, 0.15) is 23.3 Å². The highest BCUT2D eigenvalue weighted by atomic mass is 16.3. The molecule has 17 heavy (non-hydrogen) atoms. The smallest absolute Gasteiger partial charge is 0.251 e. The first-order valence-electron chi connectivity index (χ1n) is 5.47. The van der Waals surface area contributed by atoms with Crippen LogP contribution in [0.2, 0.25) is 0 Å². The van der Waals surface area contributed by atoms with Crippen LogP contribution in [-0.4, -0.2) is 34.2 Å². The number of benzene rings is 1. The van der Waals surface area contributed by atoms with E-state index in [9.17, 15) is 4.79 Å². The summed E-state index contributed by atoms with van der Waals surface area (Å²) in [6, 6.07) is 5.32. The van der Waals surface area contributed by atoms with Gasteiger partial charge in [-0.2, -0.15) is 0 Å². The molecule has 0 bridgehead atoms. The van der Waals surface area contributed by atoms with Gasteiger partial charge in [0.05, 0.1) is 30.0 Å². The van der Waals surface area contributed by atoms with Gasteiger partial charge in [0.25, 0.3) is 5.91 Å². The fraction of sp³-hybridized carbons (Fsp3) is 0.333. The maximum Gasteiger partial charge on any atom is 0.251 e. The molecule has 0 fully saturated rings. The number of nitrogens with one attached hydrogen (secondary N) is 1.